The van der Waals surface area contributed by atoms with Crippen molar-refractivity contribution in [3.05, 3.63) is 217 Å². The normalized spacial score (nSPS) is 24.7. The maximum Gasteiger partial charge on any atom is 0.0547 e. The van der Waals surface area contributed by atoms with Gasteiger partial charge in [-0.15, -0.1) is 0 Å². The van der Waals surface area contributed by atoms with Crippen molar-refractivity contribution in [1.82, 2.24) is 4.57 Å². The van der Waals surface area contributed by atoms with Crippen LogP contribution in [0.2, 0.25) is 0 Å². The molecule has 6 aliphatic rings. The number of rotatable bonds is 7. The number of benzene rings is 9. The molecule has 70 heavy (non-hydrogen) atoms. The summed E-state index contributed by atoms with van der Waals surface area (Å²) in [6, 6.07) is 76.9. The maximum absolute atomic E-state index is 2.68. The first-order chi connectivity index (χ1) is 34.7. The predicted octanol–water partition coefficient (Wildman–Crippen LogP) is 18.1. The van der Waals surface area contributed by atoms with Crippen molar-refractivity contribution in [2.75, 3.05) is 4.90 Å². The summed E-state index contributed by atoms with van der Waals surface area (Å²) >= 11 is 0. The summed E-state index contributed by atoms with van der Waals surface area (Å²) in [5.74, 6) is 3.98. The smallest absolute Gasteiger partial charge is 0.0547 e. The third kappa shape index (κ3) is 5.19. The lowest BCUT2D eigenvalue weighted by Crippen LogP contribution is -2.73. The summed E-state index contributed by atoms with van der Waals surface area (Å²) in [6.45, 7) is 0. The first kappa shape index (κ1) is 39.7. The van der Waals surface area contributed by atoms with E-state index >= 15 is 0 Å². The van der Waals surface area contributed by atoms with Gasteiger partial charge in [-0.05, 0) is 183 Å². The van der Waals surface area contributed by atoms with Crippen LogP contribution < -0.4 is 4.90 Å². The van der Waals surface area contributed by atoms with Gasteiger partial charge in [-0.1, -0.05) is 165 Å². The number of fused-ring (bicyclic) bond motifs is 12. The third-order valence-electron chi connectivity index (χ3n) is 19.4. The molecule has 5 fully saturated rings. The summed E-state index contributed by atoms with van der Waals surface area (Å²) in [7, 11) is 0. The molecule has 6 atom stereocenters. The standard InChI is InChI=1S/C68H56N2/c1-3-15-45(16-4-1)52-24-13-17-46-18-14-25-58(66(46)52)56-23-9-11-27-61(56)69(51-34-36-54-53-21-7-10-26-59(53)68(60(54)41-51)64-38-43-37-48-40-65(68)67(48,64)42-43)50-32-29-44(30-33-50)47-31-35-57-55-22-8-12-28-62(55)70(63(57)39-47)49-19-5-2-6-20-49/h2,5-14,17-36,39,41,43,45,48,64-65H,1,3-4,15-16,37-38,40,42H2. The van der Waals surface area contributed by atoms with Gasteiger partial charge in [0.15, 0.2) is 0 Å². The molecule has 0 aliphatic heterocycles. The second kappa shape index (κ2) is 14.7. The number of para-hydroxylation sites is 3. The fourth-order valence-corrected chi connectivity index (χ4v) is 16.9. The largest absolute Gasteiger partial charge is 0.310 e. The average Bonchev–Trinajstić information content (AvgIpc) is 4.15. The van der Waals surface area contributed by atoms with Crippen LogP contribution in [0.1, 0.15) is 80.4 Å². The van der Waals surface area contributed by atoms with Gasteiger partial charge in [-0.2, -0.15) is 0 Å². The molecule has 1 heterocycles. The molecule has 2 bridgehead atoms. The van der Waals surface area contributed by atoms with E-state index in [1.807, 2.05) is 0 Å². The Morgan fingerprint density at radius 3 is 2.04 bits per heavy atom. The molecule has 0 N–H and O–H groups in total. The predicted molar refractivity (Wildman–Crippen MR) is 291 cm³/mol. The molecule has 2 heteroatoms. The van der Waals surface area contributed by atoms with Crippen molar-refractivity contribution in [2.24, 2.45) is 29.1 Å². The Labute approximate surface area is 411 Å². The lowest BCUT2D eigenvalue weighted by atomic mass is 9.27. The summed E-state index contributed by atoms with van der Waals surface area (Å²) < 4.78 is 2.43. The monoisotopic (exact) mass is 900 g/mol. The van der Waals surface area contributed by atoms with E-state index in [2.05, 4.69) is 210 Å². The first-order valence-corrected chi connectivity index (χ1v) is 26.5. The fourth-order valence-electron chi connectivity index (χ4n) is 16.9. The molecule has 338 valence electrons. The van der Waals surface area contributed by atoms with Crippen LogP contribution in [-0.4, -0.2) is 4.57 Å². The van der Waals surface area contributed by atoms with Gasteiger partial charge in [0.05, 0.1) is 16.7 Å². The summed E-state index contributed by atoms with van der Waals surface area (Å²) in [4.78, 5) is 2.62. The molecule has 6 unspecified atom stereocenters. The summed E-state index contributed by atoms with van der Waals surface area (Å²) in [5, 5.41) is 5.33. The highest BCUT2D eigenvalue weighted by Crippen LogP contribution is 2.89. The van der Waals surface area contributed by atoms with Gasteiger partial charge in [-0.25, -0.2) is 0 Å². The van der Waals surface area contributed by atoms with Crippen molar-refractivity contribution in [1.29, 1.82) is 0 Å². The Hall–Kier alpha value is -7.16. The lowest BCUT2D eigenvalue weighted by Gasteiger charge is -2.76. The molecule has 0 saturated heterocycles. The molecule has 16 rings (SSSR count). The highest BCUT2D eigenvalue weighted by molar-refractivity contribution is 6.10. The number of aromatic nitrogens is 1. The Bertz CT molecular complexity index is 3750. The molecule has 2 spiro atoms. The van der Waals surface area contributed by atoms with E-state index in [9.17, 15) is 0 Å². The Kier molecular flexibility index (Phi) is 8.32. The second-order valence-corrected chi connectivity index (χ2v) is 22.2. The van der Waals surface area contributed by atoms with Gasteiger partial charge >= 0.3 is 0 Å². The van der Waals surface area contributed by atoms with Crippen LogP contribution in [0.3, 0.4) is 0 Å². The number of anilines is 3. The Morgan fingerprint density at radius 1 is 0.471 bits per heavy atom. The van der Waals surface area contributed by atoms with Gasteiger partial charge in [0.1, 0.15) is 0 Å². The molecule has 0 radical (unpaired) electrons. The van der Waals surface area contributed by atoms with Crippen LogP contribution in [0, 0.1) is 29.1 Å². The molecule has 9 aromatic carbocycles. The van der Waals surface area contributed by atoms with Gasteiger partial charge in [0.25, 0.3) is 0 Å². The van der Waals surface area contributed by atoms with Crippen LogP contribution in [0.4, 0.5) is 17.1 Å². The molecule has 2 nitrogen and oxygen atoms in total. The number of hydrogen-bond acceptors (Lipinski definition) is 1. The molecule has 1 aromatic heterocycles. The zero-order valence-corrected chi connectivity index (χ0v) is 39.7. The van der Waals surface area contributed by atoms with Crippen molar-refractivity contribution in [3.63, 3.8) is 0 Å². The van der Waals surface area contributed by atoms with Crippen molar-refractivity contribution >= 4 is 49.6 Å². The molecule has 6 aliphatic carbocycles. The molecular weight excluding hydrogens is 845 g/mol. The van der Waals surface area contributed by atoms with E-state index in [0.29, 0.717) is 11.3 Å². The van der Waals surface area contributed by atoms with Crippen molar-refractivity contribution in [2.45, 2.75) is 69.1 Å². The number of hydrogen-bond donors (Lipinski definition) is 0. The minimum absolute atomic E-state index is 0.119. The summed E-state index contributed by atoms with van der Waals surface area (Å²) in [5.41, 5.74) is 20.8. The lowest BCUT2D eigenvalue weighted by molar-refractivity contribution is -0.231. The van der Waals surface area contributed by atoms with E-state index in [0.717, 1.165) is 23.7 Å². The van der Waals surface area contributed by atoms with E-state index in [4.69, 9.17) is 0 Å². The maximum atomic E-state index is 2.68. The second-order valence-electron chi connectivity index (χ2n) is 22.2. The Balaban J connectivity index is 0.881. The molecular formula is C68H56N2. The first-order valence-electron chi connectivity index (χ1n) is 26.5. The van der Waals surface area contributed by atoms with Crippen LogP contribution in [0.15, 0.2) is 200 Å². The zero-order valence-electron chi connectivity index (χ0n) is 39.7. The van der Waals surface area contributed by atoms with Crippen LogP contribution in [0.25, 0.3) is 71.6 Å². The van der Waals surface area contributed by atoms with Crippen LogP contribution in [-0.2, 0) is 5.41 Å². The SMILES string of the molecule is c1ccc(-n2c3ccccc3c3ccc(-c4ccc(N(c5ccc6c(c5)C5(c7ccccc7-6)C6CC7CC8CC5C86C7)c5ccccc5-c5cccc6cccc(C7CCCCC7)c56)cc4)cc32)cc1. The van der Waals surface area contributed by atoms with E-state index < -0.39 is 0 Å². The number of nitrogens with zero attached hydrogens (tertiary/aromatic N) is 2. The highest BCUT2D eigenvalue weighted by Gasteiger charge is 2.84. The third-order valence-corrected chi connectivity index (χ3v) is 19.4. The fraction of sp³-hybridized carbons (Fsp3) is 0.235. The molecule has 10 aromatic rings. The molecule has 5 saturated carbocycles. The minimum Gasteiger partial charge on any atom is -0.310 e. The Morgan fingerprint density at radius 2 is 1.17 bits per heavy atom. The quantitative estimate of drug-likeness (QED) is 0.155. The summed E-state index contributed by atoms with van der Waals surface area (Å²) in [6.07, 6.45) is 12.3. The van der Waals surface area contributed by atoms with E-state index in [-0.39, 0.29) is 5.41 Å². The van der Waals surface area contributed by atoms with Gasteiger partial charge in [-0.3, -0.25) is 0 Å². The zero-order chi connectivity index (χ0) is 45.7. The van der Waals surface area contributed by atoms with Crippen LogP contribution in [0.5, 0.6) is 0 Å². The van der Waals surface area contributed by atoms with Crippen molar-refractivity contribution < 1.29 is 0 Å². The van der Waals surface area contributed by atoms with E-state index in [1.54, 1.807) is 11.1 Å². The van der Waals surface area contributed by atoms with Gasteiger partial charge in [0, 0.05) is 38.8 Å². The molecule has 0 amide bonds. The topological polar surface area (TPSA) is 8.17 Å². The van der Waals surface area contributed by atoms with Gasteiger partial charge in [0.2, 0.25) is 0 Å². The van der Waals surface area contributed by atoms with E-state index in [1.165, 1.54) is 152 Å². The van der Waals surface area contributed by atoms with Gasteiger partial charge < -0.3 is 9.47 Å². The van der Waals surface area contributed by atoms with Crippen LogP contribution >= 0.6 is 0 Å². The highest BCUT2D eigenvalue weighted by atomic mass is 15.1. The average molecular weight is 901 g/mol. The van der Waals surface area contributed by atoms with Crippen molar-refractivity contribution in [3.8, 4) is 39.1 Å². The minimum atomic E-state index is 0.119.